The van der Waals surface area contributed by atoms with E-state index in [9.17, 15) is 14.7 Å². The van der Waals surface area contributed by atoms with Crippen molar-refractivity contribution in [2.24, 2.45) is 0 Å². The largest absolute Gasteiger partial charge is 0.394 e. The first-order valence-corrected chi connectivity index (χ1v) is 7.73. The fraction of sp³-hybridized carbons (Fsp3) is 0.438. The topological polar surface area (TPSA) is 119 Å². The smallest absolute Gasteiger partial charge is 0.268 e. The lowest BCUT2D eigenvalue weighted by Gasteiger charge is -2.26. The Hall–Kier alpha value is -2.45. The zero-order chi connectivity index (χ0) is 17.5. The number of hydrogen-bond donors (Lipinski definition) is 4. The third kappa shape index (κ3) is 2.44. The molecular weight excluding hydrogens is 312 g/mol. The molecule has 2 heterocycles. The standard InChI is InChI=1S/C16H20N4O4/c1-9-3-4-10-11(7-9)18-14(17-10)16(2)5-6-20(15(16)23)12(8-21)13(22)19-24/h3-4,7,12,21,24H,5-6,8H2,1-2H3,(H,17,18)(H,19,22). The van der Waals surface area contributed by atoms with Crippen molar-refractivity contribution in [3.05, 3.63) is 29.6 Å². The molecular formula is C16H20N4O4. The van der Waals surface area contributed by atoms with Crippen LogP contribution in [0, 0.1) is 6.92 Å². The quantitative estimate of drug-likeness (QED) is 0.472. The first-order chi connectivity index (χ1) is 11.4. The van der Waals surface area contributed by atoms with Crippen molar-refractivity contribution < 1.29 is 19.9 Å². The van der Waals surface area contributed by atoms with Crippen LogP contribution in [0.15, 0.2) is 18.2 Å². The molecule has 1 aromatic carbocycles. The number of likely N-dealkylation sites (tertiary alicyclic amines) is 1. The number of rotatable bonds is 4. The van der Waals surface area contributed by atoms with Crippen molar-refractivity contribution in [2.75, 3.05) is 13.2 Å². The van der Waals surface area contributed by atoms with Crippen LogP contribution in [0.25, 0.3) is 11.0 Å². The summed E-state index contributed by atoms with van der Waals surface area (Å²) in [5.41, 5.74) is 3.29. The second kappa shape index (κ2) is 5.88. The number of hydrogen-bond acceptors (Lipinski definition) is 5. The third-order valence-electron chi connectivity index (χ3n) is 4.71. The average molecular weight is 332 g/mol. The Morgan fingerprint density at radius 2 is 2.29 bits per heavy atom. The molecule has 3 rings (SSSR count). The summed E-state index contributed by atoms with van der Waals surface area (Å²) in [4.78, 5) is 33.6. The Labute approximate surface area is 138 Å². The van der Waals surface area contributed by atoms with Gasteiger partial charge < -0.3 is 15.0 Å². The number of imidazole rings is 1. The lowest BCUT2D eigenvalue weighted by molar-refractivity contribution is -0.145. The van der Waals surface area contributed by atoms with Gasteiger partial charge in [-0.1, -0.05) is 6.07 Å². The maximum absolute atomic E-state index is 12.9. The monoisotopic (exact) mass is 332 g/mol. The fourth-order valence-electron chi connectivity index (χ4n) is 3.17. The number of hydroxylamine groups is 1. The summed E-state index contributed by atoms with van der Waals surface area (Å²) in [6, 6.07) is 4.69. The van der Waals surface area contributed by atoms with Crippen LogP contribution in [0.5, 0.6) is 0 Å². The Balaban J connectivity index is 1.95. The summed E-state index contributed by atoms with van der Waals surface area (Å²) in [5.74, 6) is -0.576. The summed E-state index contributed by atoms with van der Waals surface area (Å²) >= 11 is 0. The maximum Gasteiger partial charge on any atom is 0.268 e. The van der Waals surface area contributed by atoms with Crippen molar-refractivity contribution >= 4 is 22.8 Å². The number of carbonyl (C=O) groups is 2. The molecule has 8 heteroatoms. The Morgan fingerprint density at radius 1 is 1.54 bits per heavy atom. The minimum absolute atomic E-state index is 0.296. The third-order valence-corrected chi connectivity index (χ3v) is 4.71. The minimum Gasteiger partial charge on any atom is -0.394 e. The number of nitrogens with zero attached hydrogens (tertiary/aromatic N) is 2. The van der Waals surface area contributed by atoms with Crippen LogP contribution in [-0.2, 0) is 15.0 Å². The lowest BCUT2D eigenvalue weighted by Crippen LogP contribution is -2.51. The highest BCUT2D eigenvalue weighted by atomic mass is 16.5. The highest BCUT2D eigenvalue weighted by Gasteiger charge is 2.49. The number of aryl methyl sites for hydroxylation is 1. The average Bonchev–Trinajstić information content (AvgIpc) is 3.12. The SMILES string of the molecule is Cc1ccc2nc(C3(C)CCN(C(CO)C(=O)NO)C3=O)[nH]c2c1. The highest BCUT2D eigenvalue weighted by Crippen LogP contribution is 2.35. The zero-order valence-electron chi connectivity index (χ0n) is 13.5. The Morgan fingerprint density at radius 3 is 2.96 bits per heavy atom. The predicted molar refractivity (Wildman–Crippen MR) is 85.3 cm³/mol. The molecule has 0 aliphatic carbocycles. The van der Waals surface area contributed by atoms with Crippen molar-refractivity contribution in [3.63, 3.8) is 0 Å². The van der Waals surface area contributed by atoms with E-state index in [1.165, 1.54) is 10.4 Å². The maximum atomic E-state index is 12.9. The van der Waals surface area contributed by atoms with Gasteiger partial charge in [-0.3, -0.25) is 14.8 Å². The number of H-pyrrole nitrogens is 1. The molecule has 1 saturated heterocycles. The molecule has 128 valence electrons. The second-order valence-corrected chi connectivity index (χ2v) is 6.36. The van der Waals surface area contributed by atoms with Crippen molar-refractivity contribution in [1.82, 2.24) is 20.3 Å². The molecule has 2 unspecified atom stereocenters. The number of benzene rings is 1. The first kappa shape index (κ1) is 16.4. The normalized spacial score (nSPS) is 22.2. The van der Waals surface area contributed by atoms with E-state index in [0.29, 0.717) is 18.8 Å². The number of nitrogens with one attached hydrogen (secondary N) is 2. The molecule has 2 amide bonds. The highest BCUT2D eigenvalue weighted by molar-refractivity contribution is 5.94. The van der Waals surface area contributed by atoms with E-state index in [2.05, 4.69) is 9.97 Å². The number of aromatic nitrogens is 2. The minimum atomic E-state index is -1.11. The molecule has 24 heavy (non-hydrogen) atoms. The van der Waals surface area contributed by atoms with Gasteiger partial charge in [0.05, 0.1) is 17.6 Å². The molecule has 0 spiro atoms. The summed E-state index contributed by atoms with van der Waals surface area (Å²) < 4.78 is 0. The van der Waals surface area contributed by atoms with E-state index in [4.69, 9.17) is 5.21 Å². The predicted octanol–water partition coefficient (Wildman–Crippen LogP) is 0.228. The van der Waals surface area contributed by atoms with Gasteiger partial charge in [0.25, 0.3) is 5.91 Å². The lowest BCUT2D eigenvalue weighted by atomic mass is 9.88. The number of amides is 2. The van der Waals surface area contributed by atoms with Crippen LogP contribution in [0.3, 0.4) is 0 Å². The van der Waals surface area contributed by atoms with E-state index in [1.807, 2.05) is 25.1 Å². The van der Waals surface area contributed by atoms with Gasteiger partial charge in [0.1, 0.15) is 17.3 Å². The van der Waals surface area contributed by atoms with E-state index < -0.39 is 24.0 Å². The molecule has 1 aromatic heterocycles. The number of carbonyl (C=O) groups excluding carboxylic acids is 2. The Kier molecular flexibility index (Phi) is 4.02. The van der Waals surface area contributed by atoms with Crippen LogP contribution < -0.4 is 5.48 Å². The van der Waals surface area contributed by atoms with Crippen molar-refractivity contribution in [3.8, 4) is 0 Å². The zero-order valence-corrected chi connectivity index (χ0v) is 13.5. The molecule has 0 radical (unpaired) electrons. The van der Waals surface area contributed by atoms with Crippen molar-refractivity contribution in [2.45, 2.75) is 31.7 Å². The fourth-order valence-corrected chi connectivity index (χ4v) is 3.17. The Bertz CT molecular complexity index is 802. The molecule has 4 N–H and O–H groups in total. The van der Waals surface area contributed by atoms with Crippen LogP contribution in [0.1, 0.15) is 24.7 Å². The summed E-state index contributed by atoms with van der Waals surface area (Å²) in [6.45, 7) is 3.48. The van der Waals surface area contributed by atoms with Crippen LogP contribution in [0.2, 0.25) is 0 Å². The van der Waals surface area contributed by atoms with Gasteiger partial charge in [0.15, 0.2) is 0 Å². The molecule has 1 fully saturated rings. The van der Waals surface area contributed by atoms with E-state index in [1.54, 1.807) is 6.92 Å². The summed E-state index contributed by atoms with van der Waals surface area (Å²) in [5, 5.41) is 18.2. The van der Waals surface area contributed by atoms with Crippen LogP contribution in [0.4, 0.5) is 0 Å². The van der Waals surface area contributed by atoms with Gasteiger partial charge in [-0.2, -0.15) is 0 Å². The van der Waals surface area contributed by atoms with Gasteiger partial charge >= 0.3 is 0 Å². The van der Waals surface area contributed by atoms with Gasteiger partial charge in [-0.15, -0.1) is 0 Å². The van der Waals surface area contributed by atoms with Gasteiger partial charge in [0, 0.05) is 6.54 Å². The molecule has 2 aromatic rings. The van der Waals surface area contributed by atoms with Crippen LogP contribution >= 0.6 is 0 Å². The van der Waals surface area contributed by atoms with E-state index in [0.717, 1.165) is 16.6 Å². The number of fused-ring (bicyclic) bond motifs is 1. The molecule has 2 atom stereocenters. The summed E-state index contributed by atoms with van der Waals surface area (Å²) in [7, 11) is 0. The second-order valence-electron chi connectivity index (χ2n) is 6.36. The van der Waals surface area contributed by atoms with Crippen molar-refractivity contribution in [1.29, 1.82) is 0 Å². The summed E-state index contributed by atoms with van der Waals surface area (Å²) in [6.07, 6.45) is 0.458. The van der Waals surface area contributed by atoms with Crippen LogP contribution in [-0.4, -0.2) is 56.2 Å². The van der Waals surface area contributed by atoms with E-state index in [-0.39, 0.29) is 5.91 Å². The number of aromatic amines is 1. The molecule has 1 aliphatic rings. The number of aliphatic hydroxyl groups excluding tert-OH is 1. The van der Waals surface area contributed by atoms with E-state index >= 15 is 0 Å². The van der Waals surface area contributed by atoms with Gasteiger partial charge in [-0.05, 0) is 38.0 Å². The molecule has 0 bridgehead atoms. The van der Waals surface area contributed by atoms with Gasteiger partial charge in [-0.25, -0.2) is 10.5 Å². The van der Waals surface area contributed by atoms with Gasteiger partial charge in [0.2, 0.25) is 5.91 Å². The molecule has 1 aliphatic heterocycles. The first-order valence-electron chi connectivity index (χ1n) is 7.73. The molecule has 8 nitrogen and oxygen atoms in total. The molecule has 0 saturated carbocycles. The number of aliphatic hydroxyl groups is 1.